The lowest BCUT2D eigenvalue weighted by Gasteiger charge is -2.06. The Balaban J connectivity index is 2.32. The highest BCUT2D eigenvalue weighted by atomic mass is 14.7. The molecule has 3 rings (SSSR count). The Hall–Kier alpha value is -1.80. The van der Waals surface area contributed by atoms with Crippen molar-refractivity contribution in [2.24, 2.45) is 5.73 Å². The predicted octanol–water partition coefficient (Wildman–Crippen LogP) is 2.30. The quantitative estimate of drug-likeness (QED) is 0.635. The van der Waals surface area contributed by atoms with Crippen molar-refractivity contribution < 1.29 is 0 Å². The average Bonchev–Trinajstić information content (AvgIpc) is 2.54. The molecule has 15 heavy (non-hydrogen) atoms. The van der Waals surface area contributed by atoms with Gasteiger partial charge < -0.3 is 11.5 Å². The molecule has 0 radical (unpaired) electrons. The van der Waals surface area contributed by atoms with Gasteiger partial charge in [0, 0.05) is 5.69 Å². The van der Waals surface area contributed by atoms with Crippen molar-refractivity contribution >= 4 is 5.69 Å². The number of hydrogen-bond donors (Lipinski definition) is 2. The van der Waals surface area contributed by atoms with Gasteiger partial charge in [-0.25, -0.2) is 0 Å². The van der Waals surface area contributed by atoms with Gasteiger partial charge in [-0.1, -0.05) is 30.3 Å². The second kappa shape index (κ2) is 2.84. The summed E-state index contributed by atoms with van der Waals surface area (Å²) in [5, 5.41) is 0. The van der Waals surface area contributed by atoms with E-state index in [0.717, 1.165) is 11.3 Å². The summed E-state index contributed by atoms with van der Waals surface area (Å²) in [7, 11) is 0. The molecule has 0 heterocycles. The zero-order chi connectivity index (χ0) is 10.4. The zero-order valence-corrected chi connectivity index (χ0v) is 8.27. The smallest absolute Gasteiger partial charge is 0.0564 e. The largest absolute Gasteiger partial charge is 0.399 e. The molecule has 2 heteroatoms. The van der Waals surface area contributed by atoms with Gasteiger partial charge in [0.1, 0.15) is 0 Å². The Morgan fingerprint density at radius 1 is 0.867 bits per heavy atom. The minimum atomic E-state index is -0.0281. The fraction of sp³-hybridized carbons (Fsp3) is 0.0769. The SMILES string of the molecule is Nc1ccc2c(c1)[C@@H](N)c1ccccc1-2. The van der Waals surface area contributed by atoms with E-state index >= 15 is 0 Å². The monoisotopic (exact) mass is 196 g/mol. The lowest BCUT2D eigenvalue weighted by molar-refractivity contribution is 0.901. The van der Waals surface area contributed by atoms with Crippen LogP contribution in [0.4, 0.5) is 5.69 Å². The van der Waals surface area contributed by atoms with Gasteiger partial charge in [0.15, 0.2) is 0 Å². The summed E-state index contributed by atoms with van der Waals surface area (Å²) in [5.74, 6) is 0. The van der Waals surface area contributed by atoms with Crippen molar-refractivity contribution in [1.29, 1.82) is 0 Å². The van der Waals surface area contributed by atoms with Crippen LogP contribution in [-0.2, 0) is 0 Å². The Morgan fingerprint density at radius 3 is 2.47 bits per heavy atom. The number of benzene rings is 2. The number of anilines is 1. The first-order valence-corrected chi connectivity index (χ1v) is 5.01. The normalized spacial score (nSPS) is 17.3. The number of fused-ring (bicyclic) bond motifs is 3. The van der Waals surface area contributed by atoms with Crippen molar-refractivity contribution in [3.63, 3.8) is 0 Å². The molecule has 1 aliphatic carbocycles. The van der Waals surface area contributed by atoms with E-state index in [2.05, 4.69) is 18.2 Å². The van der Waals surface area contributed by atoms with Crippen LogP contribution in [0.25, 0.3) is 11.1 Å². The molecule has 0 amide bonds. The summed E-state index contributed by atoms with van der Waals surface area (Å²) in [5.41, 5.74) is 17.5. The minimum absolute atomic E-state index is 0.0281. The van der Waals surface area contributed by atoms with E-state index in [4.69, 9.17) is 11.5 Å². The number of nitrogens with two attached hydrogens (primary N) is 2. The molecule has 0 saturated carbocycles. The molecule has 0 fully saturated rings. The second-order valence-electron chi connectivity index (χ2n) is 3.91. The first-order chi connectivity index (χ1) is 7.27. The van der Waals surface area contributed by atoms with E-state index in [9.17, 15) is 0 Å². The van der Waals surface area contributed by atoms with Gasteiger partial charge in [-0.05, 0) is 34.4 Å². The molecule has 0 saturated heterocycles. The van der Waals surface area contributed by atoms with Crippen LogP contribution in [0.3, 0.4) is 0 Å². The summed E-state index contributed by atoms with van der Waals surface area (Å²) in [6, 6.07) is 14.2. The molecule has 0 aromatic heterocycles. The maximum absolute atomic E-state index is 6.17. The first-order valence-electron chi connectivity index (χ1n) is 5.01. The van der Waals surface area contributed by atoms with Crippen molar-refractivity contribution in [1.82, 2.24) is 0 Å². The van der Waals surface area contributed by atoms with E-state index in [-0.39, 0.29) is 6.04 Å². The second-order valence-corrected chi connectivity index (χ2v) is 3.91. The standard InChI is InChI=1S/C13H12N2/c14-8-5-6-10-9-3-1-2-4-11(9)13(15)12(10)7-8/h1-7,13H,14-15H2/t13-/m0/s1. The molecule has 0 bridgehead atoms. The van der Waals surface area contributed by atoms with Crippen molar-refractivity contribution in [2.75, 3.05) is 5.73 Å². The highest BCUT2D eigenvalue weighted by Gasteiger charge is 2.24. The van der Waals surface area contributed by atoms with Crippen LogP contribution in [0.15, 0.2) is 42.5 Å². The van der Waals surface area contributed by atoms with Crippen LogP contribution in [0.2, 0.25) is 0 Å². The molecule has 2 aromatic rings. The molecular formula is C13H12N2. The maximum atomic E-state index is 6.17. The third-order valence-electron chi connectivity index (χ3n) is 3.00. The van der Waals surface area contributed by atoms with Gasteiger partial charge in [0.2, 0.25) is 0 Å². The third-order valence-corrected chi connectivity index (χ3v) is 3.00. The van der Waals surface area contributed by atoms with Crippen LogP contribution in [0.5, 0.6) is 0 Å². The van der Waals surface area contributed by atoms with Crippen LogP contribution < -0.4 is 11.5 Å². The van der Waals surface area contributed by atoms with Gasteiger partial charge in [-0.3, -0.25) is 0 Å². The molecule has 0 spiro atoms. The zero-order valence-electron chi connectivity index (χ0n) is 8.27. The molecule has 1 aliphatic rings. The molecule has 0 unspecified atom stereocenters. The highest BCUT2D eigenvalue weighted by molar-refractivity contribution is 5.79. The van der Waals surface area contributed by atoms with Gasteiger partial charge in [-0.15, -0.1) is 0 Å². The fourth-order valence-corrected chi connectivity index (χ4v) is 2.26. The minimum Gasteiger partial charge on any atom is -0.399 e. The van der Waals surface area contributed by atoms with E-state index in [1.54, 1.807) is 0 Å². The Morgan fingerprint density at radius 2 is 1.60 bits per heavy atom. The van der Waals surface area contributed by atoms with Crippen LogP contribution in [0.1, 0.15) is 17.2 Å². The lowest BCUT2D eigenvalue weighted by atomic mass is 10.1. The van der Waals surface area contributed by atoms with Crippen molar-refractivity contribution in [3.8, 4) is 11.1 Å². The molecule has 4 N–H and O–H groups in total. The Bertz CT molecular complexity index is 532. The molecule has 2 aromatic carbocycles. The lowest BCUT2D eigenvalue weighted by Crippen LogP contribution is -2.08. The summed E-state index contributed by atoms with van der Waals surface area (Å²) in [6.07, 6.45) is 0. The average molecular weight is 196 g/mol. The van der Waals surface area contributed by atoms with Gasteiger partial charge in [0.05, 0.1) is 6.04 Å². The number of hydrogen-bond acceptors (Lipinski definition) is 2. The third kappa shape index (κ3) is 1.09. The molecule has 1 atom stereocenters. The first kappa shape index (κ1) is 8.50. The van der Waals surface area contributed by atoms with Crippen LogP contribution in [0, 0.1) is 0 Å². The Labute approximate surface area is 88.5 Å². The van der Waals surface area contributed by atoms with Crippen molar-refractivity contribution in [3.05, 3.63) is 53.6 Å². The molecule has 0 aliphatic heterocycles. The maximum Gasteiger partial charge on any atom is 0.0564 e. The summed E-state index contributed by atoms with van der Waals surface area (Å²) in [6.45, 7) is 0. The van der Waals surface area contributed by atoms with Crippen LogP contribution >= 0.6 is 0 Å². The topological polar surface area (TPSA) is 52.0 Å². The number of nitrogen functional groups attached to an aromatic ring is 1. The van der Waals surface area contributed by atoms with E-state index in [0.29, 0.717) is 0 Å². The fourth-order valence-electron chi connectivity index (χ4n) is 2.26. The van der Waals surface area contributed by atoms with Gasteiger partial charge in [0.25, 0.3) is 0 Å². The molecular weight excluding hydrogens is 184 g/mol. The summed E-state index contributed by atoms with van der Waals surface area (Å²) >= 11 is 0. The summed E-state index contributed by atoms with van der Waals surface area (Å²) in [4.78, 5) is 0. The van der Waals surface area contributed by atoms with Gasteiger partial charge in [-0.2, -0.15) is 0 Å². The molecule has 74 valence electrons. The Kier molecular flexibility index (Phi) is 1.61. The van der Waals surface area contributed by atoms with E-state index in [1.807, 2.05) is 24.3 Å². The highest BCUT2D eigenvalue weighted by Crippen LogP contribution is 2.42. The summed E-state index contributed by atoms with van der Waals surface area (Å²) < 4.78 is 0. The van der Waals surface area contributed by atoms with E-state index in [1.165, 1.54) is 16.7 Å². The van der Waals surface area contributed by atoms with Crippen LogP contribution in [-0.4, -0.2) is 0 Å². The van der Waals surface area contributed by atoms with Gasteiger partial charge >= 0.3 is 0 Å². The predicted molar refractivity (Wildman–Crippen MR) is 62.3 cm³/mol. The van der Waals surface area contributed by atoms with E-state index < -0.39 is 0 Å². The van der Waals surface area contributed by atoms with Crippen molar-refractivity contribution in [2.45, 2.75) is 6.04 Å². The number of rotatable bonds is 0. The molecule has 2 nitrogen and oxygen atoms in total.